The van der Waals surface area contributed by atoms with E-state index in [9.17, 15) is 9.59 Å². The molecule has 0 aliphatic carbocycles. The van der Waals surface area contributed by atoms with E-state index in [0.717, 1.165) is 11.3 Å². The van der Waals surface area contributed by atoms with Crippen molar-refractivity contribution in [1.82, 2.24) is 0 Å². The predicted octanol–water partition coefficient (Wildman–Crippen LogP) is 3.27. The van der Waals surface area contributed by atoms with Gasteiger partial charge in [0.15, 0.2) is 0 Å². The van der Waals surface area contributed by atoms with Crippen LogP contribution in [0.1, 0.15) is 22.8 Å². The van der Waals surface area contributed by atoms with Crippen molar-refractivity contribution in [3.63, 3.8) is 0 Å². The number of carbonyl (C=O) groups is 2. The van der Waals surface area contributed by atoms with E-state index in [2.05, 4.69) is 10.6 Å². The molecule has 0 aliphatic rings. The van der Waals surface area contributed by atoms with Crippen molar-refractivity contribution in [2.45, 2.75) is 13.8 Å². The quantitative estimate of drug-likeness (QED) is 0.911. The van der Waals surface area contributed by atoms with Crippen molar-refractivity contribution in [2.24, 2.45) is 0 Å². The first-order chi connectivity index (χ1) is 10.9. The molecule has 0 bridgehead atoms. The van der Waals surface area contributed by atoms with E-state index in [4.69, 9.17) is 0 Å². The molecule has 0 atom stereocenters. The summed E-state index contributed by atoms with van der Waals surface area (Å²) < 4.78 is 0. The lowest BCUT2D eigenvalue weighted by molar-refractivity contribution is -0.114. The van der Waals surface area contributed by atoms with E-state index in [1.165, 1.54) is 6.92 Å². The van der Waals surface area contributed by atoms with Gasteiger partial charge in [0.1, 0.15) is 0 Å². The van der Waals surface area contributed by atoms with Crippen LogP contribution in [-0.4, -0.2) is 25.9 Å². The highest BCUT2D eigenvalue weighted by molar-refractivity contribution is 6.05. The van der Waals surface area contributed by atoms with E-state index in [-0.39, 0.29) is 11.8 Å². The molecule has 0 aliphatic heterocycles. The second-order valence-corrected chi connectivity index (χ2v) is 5.56. The fourth-order valence-electron chi connectivity index (χ4n) is 2.22. The molecule has 5 heteroatoms. The molecule has 2 aromatic carbocycles. The smallest absolute Gasteiger partial charge is 0.255 e. The van der Waals surface area contributed by atoms with Crippen LogP contribution in [0.4, 0.5) is 17.1 Å². The summed E-state index contributed by atoms with van der Waals surface area (Å²) in [4.78, 5) is 25.6. The number of anilines is 3. The highest BCUT2D eigenvalue weighted by atomic mass is 16.2. The Kier molecular flexibility index (Phi) is 5.01. The summed E-state index contributed by atoms with van der Waals surface area (Å²) >= 11 is 0. The van der Waals surface area contributed by atoms with Crippen LogP contribution in [0, 0.1) is 6.92 Å². The first-order valence-electron chi connectivity index (χ1n) is 7.34. The number of amides is 2. The summed E-state index contributed by atoms with van der Waals surface area (Å²) in [6, 6.07) is 12.8. The molecule has 2 aromatic rings. The van der Waals surface area contributed by atoms with Crippen LogP contribution in [-0.2, 0) is 4.79 Å². The maximum Gasteiger partial charge on any atom is 0.255 e. The van der Waals surface area contributed by atoms with Gasteiger partial charge in [-0.25, -0.2) is 0 Å². The van der Waals surface area contributed by atoms with Gasteiger partial charge in [0.05, 0.1) is 0 Å². The molecule has 0 heterocycles. The van der Waals surface area contributed by atoms with Crippen LogP contribution in [0.2, 0.25) is 0 Å². The van der Waals surface area contributed by atoms with E-state index < -0.39 is 0 Å². The molecular formula is C18H21N3O2. The third-order valence-electron chi connectivity index (χ3n) is 3.52. The van der Waals surface area contributed by atoms with Crippen LogP contribution in [0.5, 0.6) is 0 Å². The molecule has 120 valence electrons. The molecule has 0 aromatic heterocycles. The Morgan fingerprint density at radius 3 is 2.17 bits per heavy atom. The largest absolute Gasteiger partial charge is 0.378 e. The van der Waals surface area contributed by atoms with Gasteiger partial charge in [-0.05, 0) is 42.8 Å². The number of hydrogen-bond acceptors (Lipinski definition) is 3. The zero-order valence-corrected chi connectivity index (χ0v) is 13.8. The van der Waals surface area contributed by atoms with Gasteiger partial charge in [-0.15, -0.1) is 0 Å². The molecule has 23 heavy (non-hydrogen) atoms. The maximum atomic E-state index is 12.5. The van der Waals surface area contributed by atoms with E-state index in [1.54, 1.807) is 18.2 Å². The number of nitrogens with one attached hydrogen (secondary N) is 2. The normalized spacial score (nSPS) is 10.1. The van der Waals surface area contributed by atoms with E-state index >= 15 is 0 Å². The summed E-state index contributed by atoms with van der Waals surface area (Å²) in [6.07, 6.45) is 0. The van der Waals surface area contributed by atoms with Crippen molar-refractivity contribution >= 4 is 28.9 Å². The average molecular weight is 311 g/mol. The summed E-state index contributed by atoms with van der Waals surface area (Å²) in [5.74, 6) is -0.327. The summed E-state index contributed by atoms with van der Waals surface area (Å²) in [7, 11) is 3.86. The molecule has 0 unspecified atom stereocenters. The third kappa shape index (κ3) is 4.10. The molecule has 0 saturated heterocycles. The minimum atomic E-state index is -0.184. The average Bonchev–Trinajstić information content (AvgIpc) is 2.51. The Morgan fingerprint density at radius 1 is 0.957 bits per heavy atom. The Labute approximate surface area is 136 Å². The Balaban J connectivity index is 2.23. The van der Waals surface area contributed by atoms with Gasteiger partial charge in [0, 0.05) is 43.6 Å². The molecule has 0 fully saturated rings. The van der Waals surface area contributed by atoms with Gasteiger partial charge in [-0.1, -0.05) is 12.1 Å². The molecule has 0 radical (unpaired) electrons. The molecule has 2 N–H and O–H groups in total. The number of nitrogens with zero attached hydrogens (tertiary/aromatic N) is 1. The first-order valence-corrected chi connectivity index (χ1v) is 7.34. The number of rotatable bonds is 4. The summed E-state index contributed by atoms with van der Waals surface area (Å²) in [6.45, 7) is 3.31. The molecule has 2 rings (SSSR count). The Bertz CT molecular complexity index is 739. The predicted molar refractivity (Wildman–Crippen MR) is 94.2 cm³/mol. The standard InChI is InChI=1S/C18H21N3O2/c1-12-16(19-13(2)22)9-6-10-17(12)20-18(23)14-7-5-8-15(11-14)21(3)4/h5-11H,1-4H3,(H,19,22)(H,20,23). The monoisotopic (exact) mass is 311 g/mol. The van der Waals surface area contributed by atoms with Crippen LogP contribution in [0.3, 0.4) is 0 Å². The Hall–Kier alpha value is -2.82. The minimum absolute atomic E-state index is 0.143. The first kappa shape index (κ1) is 16.5. The van der Waals surface area contributed by atoms with Crippen molar-refractivity contribution in [1.29, 1.82) is 0 Å². The van der Waals surface area contributed by atoms with E-state index in [1.807, 2.05) is 50.2 Å². The summed E-state index contributed by atoms with van der Waals surface area (Å²) in [5.41, 5.74) is 3.73. The highest BCUT2D eigenvalue weighted by Crippen LogP contribution is 2.24. The van der Waals surface area contributed by atoms with Crippen LogP contribution >= 0.6 is 0 Å². The SMILES string of the molecule is CC(=O)Nc1cccc(NC(=O)c2cccc(N(C)C)c2)c1C. The maximum absolute atomic E-state index is 12.5. The van der Waals surface area contributed by atoms with Gasteiger partial charge < -0.3 is 15.5 Å². The molecule has 5 nitrogen and oxygen atoms in total. The second kappa shape index (κ2) is 6.96. The minimum Gasteiger partial charge on any atom is -0.378 e. The lowest BCUT2D eigenvalue weighted by atomic mass is 10.1. The van der Waals surface area contributed by atoms with Gasteiger partial charge in [0.25, 0.3) is 5.91 Å². The molecule has 0 saturated carbocycles. The lowest BCUT2D eigenvalue weighted by Crippen LogP contribution is -2.15. The molecule has 2 amide bonds. The number of benzene rings is 2. The highest BCUT2D eigenvalue weighted by Gasteiger charge is 2.11. The fraction of sp³-hybridized carbons (Fsp3) is 0.222. The summed E-state index contributed by atoms with van der Waals surface area (Å²) in [5, 5.41) is 5.65. The van der Waals surface area contributed by atoms with Crippen molar-refractivity contribution < 1.29 is 9.59 Å². The van der Waals surface area contributed by atoms with Crippen molar-refractivity contribution in [3.8, 4) is 0 Å². The second-order valence-electron chi connectivity index (χ2n) is 5.56. The van der Waals surface area contributed by atoms with Gasteiger partial charge in [-0.3, -0.25) is 9.59 Å². The van der Waals surface area contributed by atoms with Crippen LogP contribution in [0.25, 0.3) is 0 Å². The zero-order chi connectivity index (χ0) is 17.0. The van der Waals surface area contributed by atoms with Gasteiger partial charge in [-0.2, -0.15) is 0 Å². The molecule has 0 spiro atoms. The zero-order valence-electron chi connectivity index (χ0n) is 13.8. The van der Waals surface area contributed by atoms with Crippen LogP contribution in [0.15, 0.2) is 42.5 Å². The van der Waals surface area contributed by atoms with Crippen LogP contribution < -0.4 is 15.5 Å². The number of hydrogen-bond donors (Lipinski definition) is 2. The van der Waals surface area contributed by atoms with Gasteiger partial charge in [0.2, 0.25) is 5.91 Å². The van der Waals surface area contributed by atoms with E-state index in [0.29, 0.717) is 16.9 Å². The Morgan fingerprint density at radius 2 is 1.57 bits per heavy atom. The molecular weight excluding hydrogens is 290 g/mol. The van der Waals surface area contributed by atoms with Crippen molar-refractivity contribution in [3.05, 3.63) is 53.6 Å². The fourth-order valence-corrected chi connectivity index (χ4v) is 2.22. The topological polar surface area (TPSA) is 61.4 Å². The third-order valence-corrected chi connectivity index (χ3v) is 3.52. The van der Waals surface area contributed by atoms with Crippen molar-refractivity contribution in [2.75, 3.05) is 29.6 Å². The number of carbonyl (C=O) groups excluding carboxylic acids is 2. The lowest BCUT2D eigenvalue weighted by Gasteiger charge is -2.15. The van der Waals surface area contributed by atoms with Gasteiger partial charge >= 0.3 is 0 Å².